The van der Waals surface area contributed by atoms with Gasteiger partial charge in [-0.3, -0.25) is 0 Å². The number of nitriles is 1. The molecule has 1 heterocycles. The highest BCUT2D eigenvalue weighted by Gasteiger charge is 2.02. The zero-order chi connectivity index (χ0) is 13.0. The van der Waals surface area contributed by atoms with E-state index in [-0.39, 0.29) is 0 Å². The van der Waals surface area contributed by atoms with Crippen molar-refractivity contribution in [3.05, 3.63) is 50.7 Å². The SMILES string of the molecule is CCc1ccc(CNc2ccc(Cl)c(C#N)c2)s1. The van der Waals surface area contributed by atoms with E-state index in [0.29, 0.717) is 10.6 Å². The molecule has 0 fully saturated rings. The molecule has 1 aromatic carbocycles. The van der Waals surface area contributed by atoms with Crippen molar-refractivity contribution in [1.82, 2.24) is 0 Å². The topological polar surface area (TPSA) is 35.8 Å². The number of nitrogens with zero attached hydrogens (tertiary/aromatic N) is 1. The Labute approximate surface area is 116 Å². The first kappa shape index (κ1) is 12.9. The molecule has 0 unspecified atom stereocenters. The second-order valence-corrected chi connectivity index (χ2v) is 5.54. The molecule has 0 aliphatic carbocycles. The van der Waals surface area contributed by atoms with Crippen LogP contribution in [-0.4, -0.2) is 0 Å². The van der Waals surface area contributed by atoms with Gasteiger partial charge in [-0.25, -0.2) is 0 Å². The molecule has 0 aliphatic rings. The molecular weight excluding hydrogens is 264 g/mol. The van der Waals surface area contributed by atoms with Crippen molar-refractivity contribution in [2.24, 2.45) is 0 Å². The molecule has 0 amide bonds. The van der Waals surface area contributed by atoms with Gasteiger partial charge in [0.15, 0.2) is 0 Å². The fourth-order valence-corrected chi connectivity index (χ4v) is 2.67. The predicted molar refractivity (Wildman–Crippen MR) is 77.2 cm³/mol. The second kappa shape index (κ2) is 5.90. The summed E-state index contributed by atoms with van der Waals surface area (Å²) in [6.07, 6.45) is 1.07. The van der Waals surface area contributed by atoms with Crippen LogP contribution < -0.4 is 5.32 Å². The Kier molecular flexibility index (Phi) is 4.24. The average Bonchev–Trinajstić information content (AvgIpc) is 2.86. The molecule has 0 spiro atoms. The Hall–Kier alpha value is -1.50. The van der Waals surface area contributed by atoms with Crippen LogP contribution in [0.1, 0.15) is 22.2 Å². The van der Waals surface area contributed by atoms with E-state index in [2.05, 4.69) is 30.4 Å². The molecule has 0 atom stereocenters. The van der Waals surface area contributed by atoms with E-state index in [0.717, 1.165) is 18.7 Å². The Morgan fingerprint density at radius 2 is 2.06 bits per heavy atom. The third kappa shape index (κ3) is 3.04. The van der Waals surface area contributed by atoms with Crippen molar-refractivity contribution in [3.8, 4) is 6.07 Å². The summed E-state index contributed by atoms with van der Waals surface area (Å²) in [5.41, 5.74) is 1.42. The highest BCUT2D eigenvalue weighted by atomic mass is 35.5. The number of halogens is 1. The van der Waals surface area contributed by atoms with E-state index in [1.54, 1.807) is 12.1 Å². The van der Waals surface area contributed by atoms with E-state index in [4.69, 9.17) is 16.9 Å². The van der Waals surface area contributed by atoms with Crippen molar-refractivity contribution in [3.63, 3.8) is 0 Å². The fourth-order valence-electron chi connectivity index (χ4n) is 1.62. The smallest absolute Gasteiger partial charge is 0.101 e. The highest BCUT2D eigenvalue weighted by molar-refractivity contribution is 7.12. The van der Waals surface area contributed by atoms with Crippen LogP contribution in [0.4, 0.5) is 5.69 Å². The molecule has 2 nitrogen and oxygen atoms in total. The zero-order valence-corrected chi connectivity index (χ0v) is 11.6. The van der Waals surface area contributed by atoms with Gasteiger partial charge in [0.2, 0.25) is 0 Å². The first-order valence-corrected chi connectivity index (χ1v) is 6.93. The summed E-state index contributed by atoms with van der Waals surface area (Å²) in [4.78, 5) is 2.68. The van der Waals surface area contributed by atoms with E-state index >= 15 is 0 Å². The Morgan fingerprint density at radius 1 is 1.28 bits per heavy atom. The van der Waals surface area contributed by atoms with Crippen LogP contribution in [0.15, 0.2) is 30.3 Å². The van der Waals surface area contributed by atoms with E-state index in [1.807, 2.05) is 17.4 Å². The van der Waals surface area contributed by atoms with Crippen molar-refractivity contribution in [2.45, 2.75) is 19.9 Å². The van der Waals surface area contributed by atoms with Gasteiger partial charge < -0.3 is 5.32 Å². The summed E-state index contributed by atoms with van der Waals surface area (Å²) in [6.45, 7) is 2.93. The monoisotopic (exact) mass is 276 g/mol. The van der Waals surface area contributed by atoms with Crippen molar-refractivity contribution < 1.29 is 0 Å². The molecule has 1 N–H and O–H groups in total. The largest absolute Gasteiger partial charge is 0.380 e. The van der Waals surface area contributed by atoms with Gasteiger partial charge in [0.25, 0.3) is 0 Å². The van der Waals surface area contributed by atoms with Crippen molar-refractivity contribution >= 4 is 28.6 Å². The molecule has 0 radical (unpaired) electrons. The summed E-state index contributed by atoms with van der Waals surface area (Å²) in [6, 6.07) is 11.8. The number of rotatable bonds is 4. The van der Waals surface area contributed by atoms with E-state index in [9.17, 15) is 0 Å². The first-order chi connectivity index (χ1) is 8.72. The quantitative estimate of drug-likeness (QED) is 0.896. The van der Waals surface area contributed by atoms with Gasteiger partial charge in [0, 0.05) is 22.0 Å². The standard InChI is InChI=1S/C14H13ClN2S/c1-2-12-4-5-13(18-12)9-17-11-3-6-14(15)10(7-11)8-16/h3-7,17H,2,9H2,1H3. The van der Waals surface area contributed by atoms with Crippen LogP contribution in [-0.2, 0) is 13.0 Å². The minimum absolute atomic E-state index is 0.493. The molecule has 0 saturated heterocycles. The maximum atomic E-state index is 8.90. The number of thiophene rings is 1. The molecule has 4 heteroatoms. The van der Waals surface area contributed by atoms with Gasteiger partial charge in [0.05, 0.1) is 10.6 Å². The van der Waals surface area contributed by atoms with Crippen LogP contribution in [0.5, 0.6) is 0 Å². The van der Waals surface area contributed by atoms with E-state index in [1.165, 1.54) is 9.75 Å². The Balaban J connectivity index is 2.04. The highest BCUT2D eigenvalue weighted by Crippen LogP contribution is 2.22. The molecule has 2 rings (SSSR count). The third-order valence-corrected chi connectivity index (χ3v) is 4.18. The van der Waals surface area contributed by atoms with Crippen molar-refractivity contribution in [2.75, 3.05) is 5.32 Å². The van der Waals surface area contributed by atoms with Crippen molar-refractivity contribution in [1.29, 1.82) is 5.26 Å². The zero-order valence-electron chi connectivity index (χ0n) is 10.0. The van der Waals surface area contributed by atoms with E-state index < -0.39 is 0 Å². The summed E-state index contributed by atoms with van der Waals surface area (Å²) in [5.74, 6) is 0. The van der Waals surface area contributed by atoms with Crippen LogP contribution in [0.2, 0.25) is 5.02 Å². The molecule has 1 aromatic heterocycles. The van der Waals surface area contributed by atoms with Gasteiger partial charge in [-0.2, -0.15) is 5.26 Å². The minimum atomic E-state index is 0.493. The normalized spacial score (nSPS) is 10.1. The van der Waals surface area contributed by atoms with Gasteiger partial charge >= 0.3 is 0 Å². The minimum Gasteiger partial charge on any atom is -0.380 e. The van der Waals surface area contributed by atoms with Crippen LogP contribution in [0, 0.1) is 11.3 Å². The van der Waals surface area contributed by atoms with Gasteiger partial charge in [-0.15, -0.1) is 11.3 Å². The number of nitrogens with one attached hydrogen (secondary N) is 1. The summed E-state index contributed by atoms with van der Waals surface area (Å²) >= 11 is 7.70. The number of benzene rings is 1. The maximum Gasteiger partial charge on any atom is 0.101 e. The second-order valence-electron chi connectivity index (χ2n) is 3.88. The first-order valence-electron chi connectivity index (χ1n) is 5.74. The van der Waals surface area contributed by atoms with Crippen LogP contribution in [0.3, 0.4) is 0 Å². The maximum absolute atomic E-state index is 8.90. The van der Waals surface area contributed by atoms with Gasteiger partial charge in [0.1, 0.15) is 6.07 Å². The average molecular weight is 277 g/mol. The molecule has 92 valence electrons. The summed E-state index contributed by atoms with van der Waals surface area (Å²) < 4.78 is 0. The lowest BCUT2D eigenvalue weighted by molar-refractivity contribution is 1.19. The Morgan fingerprint density at radius 3 is 2.72 bits per heavy atom. The lowest BCUT2D eigenvalue weighted by atomic mass is 10.2. The lowest BCUT2D eigenvalue weighted by Crippen LogP contribution is -1.97. The number of hydrogen-bond acceptors (Lipinski definition) is 3. The number of aryl methyl sites for hydroxylation is 1. The van der Waals surface area contributed by atoms with Crippen LogP contribution in [0.25, 0.3) is 0 Å². The Bertz CT molecular complexity index is 584. The predicted octanol–water partition coefficient (Wildman–Crippen LogP) is 4.45. The molecular formula is C14H13ClN2S. The van der Waals surface area contributed by atoms with Crippen LogP contribution >= 0.6 is 22.9 Å². The molecule has 18 heavy (non-hydrogen) atoms. The number of anilines is 1. The number of hydrogen-bond donors (Lipinski definition) is 1. The fraction of sp³-hybridized carbons (Fsp3) is 0.214. The molecule has 0 saturated carbocycles. The molecule has 2 aromatic rings. The summed E-state index contributed by atoms with van der Waals surface area (Å²) in [7, 11) is 0. The molecule has 0 bridgehead atoms. The van der Waals surface area contributed by atoms with Gasteiger partial charge in [-0.1, -0.05) is 18.5 Å². The summed E-state index contributed by atoms with van der Waals surface area (Å²) in [5, 5.41) is 12.7. The van der Waals surface area contributed by atoms with Gasteiger partial charge in [-0.05, 0) is 36.8 Å². The third-order valence-electron chi connectivity index (χ3n) is 2.62. The molecule has 0 aliphatic heterocycles. The lowest BCUT2D eigenvalue weighted by Gasteiger charge is -2.05.